The molecule has 0 aromatic heterocycles. The highest BCUT2D eigenvalue weighted by Gasteiger charge is 2.34. The van der Waals surface area contributed by atoms with E-state index >= 15 is 0 Å². The van der Waals surface area contributed by atoms with E-state index in [-0.39, 0.29) is 17.8 Å². The quantitative estimate of drug-likeness (QED) is 0.311. The second kappa shape index (κ2) is 8.91. The SMILES string of the molecule is O=C(O)COc1c(Br)cc(/C=C2/NC(=O)N(Cc3ccccc3F)C2=O)cc1I. The number of nitrogens with zero attached hydrogens (tertiary/aromatic N) is 1. The van der Waals surface area contributed by atoms with Gasteiger partial charge in [-0.3, -0.25) is 9.69 Å². The fourth-order valence-corrected chi connectivity index (χ4v) is 4.38. The normalized spacial score (nSPS) is 15.0. The molecule has 2 aromatic rings. The molecule has 0 aliphatic carbocycles. The maximum atomic E-state index is 13.8. The lowest BCUT2D eigenvalue weighted by atomic mass is 10.1. The summed E-state index contributed by atoms with van der Waals surface area (Å²) in [5.74, 6) is -1.82. The number of rotatable bonds is 6. The van der Waals surface area contributed by atoms with Crippen LogP contribution in [0.4, 0.5) is 9.18 Å². The van der Waals surface area contributed by atoms with Crippen LogP contribution in [0, 0.1) is 9.39 Å². The first kappa shape index (κ1) is 21.2. The number of halogens is 3. The Hall–Kier alpha value is -2.47. The van der Waals surface area contributed by atoms with Crippen molar-refractivity contribution in [1.29, 1.82) is 0 Å². The largest absolute Gasteiger partial charge is 0.480 e. The molecule has 150 valence electrons. The lowest BCUT2D eigenvalue weighted by Crippen LogP contribution is -2.30. The van der Waals surface area contributed by atoms with E-state index in [2.05, 4.69) is 21.2 Å². The number of imide groups is 1. The van der Waals surface area contributed by atoms with E-state index in [1.807, 2.05) is 22.6 Å². The summed E-state index contributed by atoms with van der Waals surface area (Å²) < 4.78 is 20.2. The van der Waals surface area contributed by atoms with Crippen LogP contribution in [0.2, 0.25) is 0 Å². The molecule has 0 atom stereocenters. The Morgan fingerprint density at radius 2 is 2.03 bits per heavy atom. The molecule has 7 nitrogen and oxygen atoms in total. The van der Waals surface area contributed by atoms with E-state index in [0.717, 1.165) is 4.90 Å². The van der Waals surface area contributed by atoms with Crippen LogP contribution in [0.5, 0.6) is 5.75 Å². The highest BCUT2D eigenvalue weighted by atomic mass is 127. The first-order valence-electron chi connectivity index (χ1n) is 8.18. The minimum atomic E-state index is -1.10. The van der Waals surface area contributed by atoms with E-state index in [1.54, 1.807) is 18.2 Å². The van der Waals surface area contributed by atoms with Crippen molar-refractivity contribution in [2.24, 2.45) is 0 Å². The highest BCUT2D eigenvalue weighted by molar-refractivity contribution is 14.1. The molecule has 3 amide bonds. The maximum Gasteiger partial charge on any atom is 0.341 e. The van der Waals surface area contributed by atoms with Gasteiger partial charge in [-0.15, -0.1) is 0 Å². The molecule has 3 rings (SSSR count). The fraction of sp³-hybridized carbons (Fsp3) is 0.105. The van der Waals surface area contributed by atoms with Gasteiger partial charge in [0.2, 0.25) is 0 Å². The molecule has 0 unspecified atom stereocenters. The predicted octanol–water partition coefficient (Wildman–Crippen LogP) is 3.75. The molecule has 1 aliphatic rings. The monoisotopic (exact) mass is 574 g/mol. The van der Waals surface area contributed by atoms with Gasteiger partial charge in [0.25, 0.3) is 5.91 Å². The van der Waals surface area contributed by atoms with Crippen molar-refractivity contribution in [3.63, 3.8) is 0 Å². The number of carbonyl (C=O) groups excluding carboxylic acids is 2. The summed E-state index contributed by atoms with van der Waals surface area (Å²) in [5, 5.41) is 11.2. The van der Waals surface area contributed by atoms with Crippen LogP contribution in [0.25, 0.3) is 6.08 Å². The molecule has 1 saturated heterocycles. The van der Waals surface area contributed by atoms with E-state index < -0.39 is 30.3 Å². The predicted molar refractivity (Wildman–Crippen MR) is 113 cm³/mol. The highest BCUT2D eigenvalue weighted by Crippen LogP contribution is 2.33. The third-order valence-corrected chi connectivity index (χ3v) is 5.31. The van der Waals surface area contributed by atoms with Crippen molar-refractivity contribution < 1.29 is 28.6 Å². The second-order valence-electron chi connectivity index (χ2n) is 5.97. The number of nitrogens with one attached hydrogen (secondary N) is 1. The lowest BCUT2D eigenvalue weighted by molar-refractivity contribution is -0.139. The number of amides is 3. The van der Waals surface area contributed by atoms with Crippen LogP contribution in [-0.4, -0.2) is 34.5 Å². The Balaban J connectivity index is 1.82. The third kappa shape index (κ3) is 4.93. The first-order valence-corrected chi connectivity index (χ1v) is 10.0. The van der Waals surface area contributed by atoms with E-state index in [1.165, 1.54) is 24.3 Å². The van der Waals surface area contributed by atoms with Gasteiger partial charge in [0.15, 0.2) is 6.61 Å². The Morgan fingerprint density at radius 1 is 1.31 bits per heavy atom. The van der Waals surface area contributed by atoms with Crippen LogP contribution in [0.15, 0.2) is 46.6 Å². The van der Waals surface area contributed by atoms with Gasteiger partial charge in [-0.2, -0.15) is 0 Å². The van der Waals surface area contributed by atoms with Crippen LogP contribution in [0.1, 0.15) is 11.1 Å². The summed E-state index contributed by atoms with van der Waals surface area (Å²) in [6.45, 7) is -0.674. The summed E-state index contributed by atoms with van der Waals surface area (Å²) >= 11 is 5.29. The maximum absolute atomic E-state index is 13.8. The Kier molecular flexibility index (Phi) is 6.52. The van der Waals surface area contributed by atoms with Crippen molar-refractivity contribution in [1.82, 2.24) is 10.2 Å². The van der Waals surface area contributed by atoms with Gasteiger partial charge in [-0.05, 0) is 68.4 Å². The fourth-order valence-electron chi connectivity index (χ4n) is 2.61. The van der Waals surface area contributed by atoms with Crippen LogP contribution >= 0.6 is 38.5 Å². The molecule has 10 heteroatoms. The summed E-state index contributed by atoms with van der Waals surface area (Å²) in [7, 11) is 0. The number of ether oxygens (including phenoxy) is 1. The number of carbonyl (C=O) groups is 3. The molecular formula is C19H13BrFIN2O5. The lowest BCUT2D eigenvalue weighted by Gasteiger charge is -2.12. The molecule has 0 spiro atoms. The summed E-state index contributed by atoms with van der Waals surface area (Å²) in [4.78, 5) is 36.4. The standard InChI is InChI=1S/C19H13BrFIN2O5/c20-12-5-10(6-14(22)17(12)29-9-16(25)26)7-15-18(27)24(19(28)23-15)8-11-3-1-2-4-13(11)21/h1-7H,8-9H2,(H,23,28)(H,25,26)/b15-7+. The van der Waals surface area contributed by atoms with Crippen molar-refractivity contribution in [2.75, 3.05) is 6.61 Å². The minimum absolute atomic E-state index is 0.0493. The van der Waals surface area contributed by atoms with E-state index in [4.69, 9.17) is 9.84 Å². The second-order valence-corrected chi connectivity index (χ2v) is 7.98. The number of benzene rings is 2. The summed E-state index contributed by atoms with van der Waals surface area (Å²) in [6, 6.07) is 8.59. The molecular weight excluding hydrogens is 562 g/mol. The molecule has 0 radical (unpaired) electrons. The van der Waals surface area contributed by atoms with Crippen LogP contribution in [-0.2, 0) is 16.1 Å². The average molecular weight is 575 g/mol. The number of hydrogen-bond acceptors (Lipinski definition) is 4. The van der Waals surface area contributed by atoms with Gasteiger partial charge in [0.1, 0.15) is 17.3 Å². The molecule has 1 heterocycles. The number of urea groups is 1. The van der Waals surface area contributed by atoms with E-state index in [0.29, 0.717) is 19.4 Å². The van der Waals surface area contributed by atoms with Crippen LogP contribution in [0.3, 0.4) is 0 Å². The van der Waals surface area contributed by atoms with E-state index in [9.17, 15) is 18.8 Å². The van der Waals surface area contributed by atoms with Gasteiger partial charge < -0.3 is 15.2 Å². The van der Waals surface area contributed by atoms with Gasteiger partial charge in [0.05, 0.1) is 14.6 Å². The van der Waals surface area contributed by atoms with Crippen molar-refractivity contribution in [3.8, 4) is 5.75 Å². The van der Waals surface area contributed by atoms with Crippen LogP contribution < -0.4 is 10.1 Å². The van der Waals surface area contributed by atoms with Gasteiger partial charge in [0, 0.05) is 5.56 Å². The zero-order valence-corrected chi connectivity index (χ0v) is 18.4. The average Bonchev–Trinajstić information content (AvgIpc) is 2.90. The smallest absolute Gasteiger partial charge is 0.341 e. The van der Waals surface area contributed by atoms with Crippen molar-refractivity contribution in [3.05, 3.63) is 67.1 Å². The molecule has 29 heavy (non-hydrogen) atoms. The molecule has 0 saturated carbocycles. The molecule has 1 fully saturated rings. The molecule has 2 N–H and O–H groups in total. The third-order valence-electron chi connectivity index (χ3n) is 3.92. The minimum Gasteiger partial charge on any atom is -0.480 e. The Morgan fingerprint density at radius 3 is 2.69 bits per heavy atom. The number of aliphatic carboxylic acids is 1. The summed E-state index contributed by atoms with van der Waals surface area (Å²) in [6.07, 6.45) is 1.48. The molecule has 1 aliphatic heterocycles. The van der Waals surface area contributed by atoms with Gasteiger partial charge in [-0.1, -0.05) is 18.2 Å². The molecule has 0 bridgehead atoms. The van der Waals surface area contributed by atoms with Crippen molar-refractivity contribution in [2.45, 2.75) is 6.54 Å². The first-order chi connectivity index (χ1) is 13.8. The zero-order valence-electron chi connectivity index (χ0n) is 14.6. The Labute approximate surface area is 186 Å². The van der Waals surface area contributed by atoms with Gasteiger partial charge >= 0.3 is 12.0 Å². The molecule has 2 aromatic carbocycles. The zero-order chi connectivity index (χ0) is 21.1. The van der Waals surface area contributed by atoms with Gasteiger partial charge in [-0.25, -0.2) is 14.0 Å². The number of hydrogen-bond donors (Lipinski definition) is 2. The number of carboxylic acids is 1. The number of carboxylic acid groups (broad SMARTS) is 1. The Bertz CT molecular complexity index is 1020. The topological polar surface area (TPSA) is 95.9 Å². The summed E-state index contributed by atoms with van der Waals surface area (Å²) in [5.41, 5.74) is 0.864. The van der Waals surface area contributed by atoms with Crippen molar-refractivity contribution >= 4 is 62.5 Å².